The largest absolute Gasteiger partial charge is 0.393 e. The highest BCUT2D eigenvalue weighted by atomic mass is 35.5. The van der Waals surface area contributed by atoms with E-state index in [9.17, 15) is 5.11 Å². The second-order valence-electron chi connectivity index (χ2n) is 3.26. The fourth-order valence-corrected chi connectivity index (χ4v) is 1.72. The Hall–Kier alpha value is -1.13. The zero-order chi connectivity index (χ0) is 10.1. The van der Waals surface area contributed by atoms with E-state index in [0.29, 0.717) is 17.2 Å². The predicted molar refractivity (Wildman–Crippen MR) is 54.3 cm³/mol. The molecular weight excluding hydrogens is 202 g/mol. The summed E-state index contributed by atoms with van der Waals surface area (Å²) in [6.07, 6.45) is 3.36. The summed E-state index contributed by atoms with van der Waals surface area (Å²) in [4.78, 5) is 10.9. The van der Waals surface area contributed by atoms with Gasteiger partial charge < -0.3 is 10.1 Å². The molecule has 0 aromatic carbocycles. The van der Waals surface area contributed by atoms with Crippen LogP contribution in [0.5, 0.6) is 0 Å². The molecule has 4 nitrogen and oxygen atoms in total. The van der Waals surface area contributed by atoms with E-state index in [-0.39, 0.29) is 0 Å². The third-order valence-corrected chi connectivity index (χ3v) is 2.31. The van der Waals surface area contributed by atoms with Crippen LogP contribution in [-0.2, 0) is 6.42 Å². The van der Waals surface area contributed by atoms with Crippen molar-refractivity contribution >= 4 is 22.6 Å². The lowest BCUT2D eigenvalue weighted by atomic mass is 10.1. The molecule has 1 atom stereocenters. The number of nitrogens with zero attached hydrogens (tertiary/aromatic N) is 2. The summed E-state index contributed by atoms with van der Waals surface area (Å²) < 4.78 is 0. The molecule has 74 valence electrons. The number of aromatic amines is 1. The Bertz CT molecular complexity index is 452. The zero-order valence-corrected chi connectivity index (χ0v) is 8.41. The van der Waals surface area contributed by atoms with Crippen LogP contribution in [0.1, 0.15) is 12.5 Å². The van der Waals surface area contributed by atoms with Gasteiger partial charge in [0, 0.05) is 12.6 Å². The number of H-pyrrole nitrogens is 1. The Morgan fingerprint density at radius 3 is 3.07 bits per heavy atom. The first-order valence-electron chi connectivity index (χ1n) is 4.33. The van der Waals surface area contributed by atoms with Gasteiger partial charge in [-0.25, -0.2) is 9.97 Å². The van der Waals surface area contributed by atoms with Gasteiger partial charge in [0.1, 0.15) is 17.1 Å². The summed E-state index contributed by atoms with van der Waals surface area (Å²) in [6.45, 7) is 1.73. The third kappa shape index (κ3) is 1.58. The summed E-state index contributed by atoms with van der Waals surface area (Å²) in [5.41, 5.74) is 1.65. The summed E-state index contributed by atoms with van der Waals surface area (Å²) in [5.74, 6) is 0. The third-order valence-electron chi connectivity index (χ3n) is 2.02. The van der Waals surface area contributed by atoms with E-state index in [2.05, 4.69) is 15.0 Å². The Morgan fingerprint density at radius 1 is 1.57 bits per heavy atom. The zero-order valence-electron chi connectivity index (χ0n) is 7.66. The lowest BCUT2D eigenvalue weighted by Crippen LogP contribution is -2.03. The van der Waals surface area contributed by atoms with E-state index in [1.54, 1.807) is 13.1 Å². The molecule has 2 N–H and O–H groups in total. The van der Waals surface area contributed by atoms with Gasteiger partial charge in [-0.1, -0.05) is 11.6 Å². The smallest absolute Gasteiger partial charge is 0.142 e. The number of hydrogen-bond acceptors (Lipinski definition) is 3. The number of fused-ring (bicyclic) bond motifs is 1. The molecule has 2 heterocycles. The highest BCUT2D eigenvalue weighted by Crippen LogP contribution is 2.23. The van der Waals surface area contributed by atoms with Crippen molar-refractivity contribution < 1.29 is 5.11 Å². The molecular formula is C9H10ClN3O. The number of nitrogens with one attached hydrogen (secondary N) is 1. The maximum atomic E-state index is 9.28. The average Bonchev–Trinajstić information content (AvgIpc) is 2.49. The quantitative estimate of drug-likeness (QED) is 0.741. The minimum absolute atomic E-state index is 0.398. The molecule has 0 saturated carbocycles. The van der Waals surface area contributed by atoms with Crippen molar-refractivity contribution in [2.75, 3.05) is 0 Å². The molecule has 14 heavy (non-hydrogen) atoms. The van der Waals surface area contributed by atoms with Gasteiger partial charge in [0.05, 0.1) is 11.5 Å². The molecule has 0 radical (unpaired) electrons. The normalized spacial score (nSPS) is 13.4. The van der Waals surface area contributed by atoms with E-state index < -0.39 is 6.10 Å². The molecule has 0 bridgehead atoms. The first kappa shape index (κ1) is 9.43. The number of hydrogen-bond donors (Lipinski definition) is 2. The lowest BCUT2D eigenvalue weighted by molar-refractivity contribution is 0.196. The first-order chi connectivity index (χ1) is 6.68. The average molecular weight is 212 g/mol. The predicted octanol–water partition coefficient (Wildman–Crippen LogP) is 1.53. The van der Waals surface area contributed by atoms with Gasteiger partial charge in [-0.05, 0) is 12.5 Å². The summed E-state index contributed by atoms with van der Waals surface area (Å²) in [6, 6.07) is 0. The highest BCUT2D eigenvalue weighted by molar-refractivity contribution is 6.34. The lowest BCUT2D eigenvalue weighted by Gasteiger charge is -2.02. The van der Waals surface area contributed by atoms with Crippen molar-refractivity contribution in [2.45, 2.75) is 19.4 Å². The molecule has 2 rings (SSSR count). The summed E-state index contributed by atoms with van der Waals surface area (Å²) in [5, 5.41) is 10.5. The Morgan fingerprint density at radius 2 is 2.36 bits per heavy atom. The molecule has 0 fully saturated rings. The number of rotatable bonds is 2. The second-order valence-corrected chi connectivity index (χ2v) is 3.61. The van der Waals surface area contributed by atoms with Crippen molar-refractivity contribution in [1.82, 2.24) is 15.0 Å². The Balaban J connectivity index is 2.55. The monoisotopic (exact) mass is 211 g/mol. The first-order valence-corrected chi connectivity index (χ1v) is 4.71. The maximum absolute atomic E-state index is 9.28. The standard InChI is InChI=1S/C9H10ClN3O/c1-5(14)2-6-3-11-9-7(6)8(10)12-4-13-9/h3-5,14H,2H2,1H3,(H,11,12,13)/t5-/m0/s1. The highest BCUT2D eigenvalue weighted by Gasteiger charge is 2.10. The van der Waals surface area contributed by atoms with Crippen molar-refractivity contribution in [1.29, 1.82) is 0 Å². The molecule has 0 saturated heterocycles. The van der Waals surface area contributed by atoms with Crippen LogP contribution in [0.4, 0.5) is 0 Å². The van der Waals surface area contributed by atoms with E-state index in [4.69, 9.17) is 11.6 Å². The minimum Gasteiger partial charge on any atom is -0.393 e. The molecule has 0 aliphatic carbocycles. The fraction of sp³-hybridized carbons (Fsp3) is 0.333. The van der Waals surface area contributed by atoms with Gasteiger partial charge in [-0.2, -0.15) is 0 Å². The molecule has 2 aromatic heterocycles. The summed E-state index contributed by atoms with van der Waals surface area (Å²) in [7, 11) is 0. The van der Waals surface area contributed by atoms with Crippen LogP contribution in [0.3, 0.4) is 0 Å². The van der Waals surface area contributed by atoms with Crippen LogP contribution in [0.2, 0.25) is 5.15 Å². The molecule has 0 spiro atoms. The van der Waals surface area contributed by atoms with E-state index in [1.165, 1.54) is 6.33 Å². The SMILES string of the molecule is C[C@H](O)Cc1c[nH]c2ncnc(Cl)c12. The summed E-state index contributed by atoms with van der Waals surface area (Å²) >= 11 is 5.93. The Labute approximate surface area is 86.0 Å². The molecule has 5 heteroatoms. The van der Waals surface area contributed by atoms with Crippen molar-refractivity contribution in [3.63, 3.8) is 0 Å². The van der Waals surface area contributed by atoms with Crippen LogP contribution in [-0.4, -0.2) is 26.2 Å². The topological polar surface area (TPSA) is 61.8 Å². The van der Waals surface area contributed by atoms with Gasteiger partial charge in [0.25, 0.3) is 0 Å². The minimum atomic E-state index is -0.398. The van der Waals surface area contributed by atoms with Gasteiger partial charge in [0.2, 0.25) is 0 Å². The molecule has 0 unspecified atom stereocenters. The maximum Gasteiger partial charge on any atom is 0.142 e. The van der Waals surface area contributed by atoms with Crippen molar-refractivity contribution in [2.24, 2.45) is 0 Å². The Kier molecular flexibility index (Phi) is 2.39. The molecule has 0 amide bonds. The van der Waals surface area contributed by atoms with Crippen molar-refractivity contribution in [3.8, 4) is 0 Å². The van der Waals surface area contributed by atoms with Crippen LogP contribution in [0, 0.1) is 0 Å². The fourth-order valence-electron chi connectivity index (χ4n) is 1.46. The van der Waals surface area contributed by atoms with Gasteiger partial charge in [0.15, 0.2) is 0 Å². The van der Waals surface area contributed by atoms with E-state index in [1.807, 2.05) is 0 Å². The van der Waals surface area contributed by atoms with Gasteiger partial charge in [-0.3, -0.25) is 0 Å². The van der Waals surface area contributed by atoms with Crippen molar-refractivity contribution in [3.05, 3.63) is 23.2 Å². The molecule has 0 aliphatic rings. The van der Waals surface area contributed by atoms with Crippen LogP contribution < -0.4 is 0 Å². The number of aliphatic hydroxyl groups is 1. The number of aromatic nitrogens is 3. The van der Waals surface area contributed by atoms with Crippen LogP contribution in [0.15, 0.2) is 12.5 Å². The van der Waals surface area contributed by atoms with Crippen LogP contribution >= 0.6 is 11.6 Å². The van der Waals surface area contributed by atoms with E-state index in [0.717, 1.165) is 10.9 Å². The van der Waals surface area contributed by atoms with Gasteiger partial charge in [-0.15, -0.1) is 0 Å². The molecule has 2 aromatic rings. The van der Waals surface area contributed by atoms with E-state index >= 15 is 0 Å². The van der Waals surface area contributed by atoms with Crippen LogP contribution in [0.25, 0.3) is 11.0 Å². The second kappa shape index (κ2) is 3.55. The van der Waals surface area contributed by atoms with Gasteiger partial charge >= 0.3 is 0 Å². The number of aliphatic hydroxyl groups excluding tert-OH is 1. The number of halogens is 1. The molecule has 0 aliphatic heterocycles.